The number of Topliss-reactive ketones (excluding diaryl/α,β-unsaturated/α-hetero) is 1. The van der Waals surface area contributed by atoms with Gasteiger partial charge in [0.25, 0.3) is 11.7 Å². The van der Waals surface area contributed by atoms with E-state index in [0.717, 1.165) is 19.6 Å². The highest BCUT2D eigenvalue weighted by Crippen LogP contribution is 2.40. The van der Waals surface area contributed by atoms with Gasteiger partial charge in [0.2, 0.25) is 0 Å². The van der Waals surface area contributed by atoms with E-state index in [1.165, 1.54) is 7.11 Å². The SMILES string of the molecule is COc1cccc(C(O)=C2C(=O)C(=O)N(CCCN3CCOCC3)C2c2cccc(Cl)c2)c1. The van der Waals surface area contributed by atoms with Gasteiger partial charge in [-0.05, 0) is 36.2 Å². The van der Waals surface area contributed by atoms with E-state index in [9.17, 15) is 14.7 Å². The highest BCUT2D eigenvalue weighted by molar-refractivity contribution is 6.46. The normalized spacial score (nSPS) is 20.9. The third kappa shape index (κ3) is 5.05. The van der Waals surface area contributed by atoms with Crippen molar-refractivity contribution in [3.63, 3.8) is 0 Å². The average molecular weight is 471 g/mol. The molecule has 0 saturated carbocycles. The molecule has 1 atom stereocenters. The molecule has 0 aromatic heterocycles. The van der Waals surface area contributed by atoms with Crippen molar-refractivity contribution in [1.29, 1.82) is 0 Å². The standard InChI is InChI=1S/C25H27ClN2O5/c1-32-20-8-3-6-18(16-20)23(29)21-22(17-5-2-7-19(26)15-17)28(25(31)24(21)30)10-4-9-27-11-13-33-14-12-27/h2-3,5-8,15-16,22,29H,4,9-14H2,1H3. The molecule has 2 heterocycles. The molecule has 1 amide bonds. The van der Waals surface area contributed by atoms with Gasteiger partial charge in [0.15, 0.2) is 0 Å². The number of carbonyl (C=O) groups is 2. The zero-order valence-corrected chi connectivity index (χ0v) is 19.3. The van der Waals surface area contributed by atoms with Crippen molar-refractivity contribution in [3.05, 3.63) is 70.3 Å². The van der Waals surface area contributed by atoms with Crippen molar-refractivity contribution in [2.24, 2.45) is 0 Å². The van der Waals surface area contributed by atoms with Gasteiger partial charge in [0.05, 0.1) is 31.9 Å². The highest BCUT2D eigenvalue weighted by atomic mass is 35.5. The largest absolute Gasteiger partial charge is 0.507 e. The Kier molecular flexibility index (Phi) is 7.33. The molecule has 2 aliphatic heterocycles. The summed E-state index contributed by atoms with van der Waals surface area (Å²) in [5, 5.41) is 11.6. The lowest BCUT2D eigenvalue weighted by molar-refractivity contribution is -0.140. The Bertz CT molecular complexity index is 1060. The Hall–Kier alpha value is -2.87. The number of methoxy groups -OCH3 is 1. The van der Waals surface area contributed by atoms with Crippen LogP contribution in [0.1, 0.15) is 23.6 Å². The van der Waals surface area contributed by atoms with Crippen LogP contribution in [-0.4, -0.2) is 73.1 Å². The van der Waals surface area contributed by atoms with E-state index in [4.69, 9.17) is 21.1 Å². The molecule has 8 heteroatoms. The van der Waals surface area contributed by atoms with Crippen molar-refractivity contribution >= 4 is 29.1 Å². The minimum atomic E-state index is -0.723. The van der Waals surface area contributed by atoms with Crippen LogP contribution in [0.4, 0.5) is 0 Å². The quantitative estimate of drug-likeness (QED) is 0.379. The van der Waals surface area contributed by atoms with E-state index in [2.05, 4.69) is 4.90 Å². The fourth-order valence-corrected chi connectivity index (χ4v) is 4.55. The number of ketones is 1. The maximum absolute atomic E-state index is 13.1. The predicted molar refractivity (Wildman–Crippen MR) is 125 cm³/mol. The maximum atomic E-state index is 13.1. The number of likely N-dealkylation sites (tertiary alicyclic amines) is 1. The van der Waals surface area contributed by atoms with Gasteiger partial charge in [0, 0.05) is 36.8 Å². The molecule has 2 saturated heterocycles. The second-order valence-electron chi connectivity index (χ2n) is 8.09. The monoisotopic (exact) mass is 470 g/mol. The van der Waals surface area contributed by atoms with Gasteiger partial charge in [-0.3, -0.25) is 14.5 Å². The Morgan fingerprint density at radius 1 is 1.12 bits per heavy atom. The van der Waals surface area contributed by atoms with Crippen LogP contribution in [-0.2, 0) is 14.3 Å². The number of benzene rings is 2. The molecule has 1 N–H and O–H groups in total. The van der Waals surface area contributed by atoms with E-state index in [1.54, 1.807) is 47.4 Å². The third-order valence-electron chi connectivity index (χ3n) is 6.02. The number of morpholine rings is 1. The van der Waals surface area contributed by atoms with Crippen LogP contribution in [0, 0.1) is 0 Å². The van der Waals surface area contributed by atoms with Gasteiger partial charge in [-0.1, -0.05) is 35.9 Å². The lowest BCUT2D eigenvalue weighted by Crippen LogP contribution is -2.38. The molecular formula is C25H27ClN2O5. The first-order chi connectivity index (χ1) is 16.0. The highest BCUT2D eigenvalue weighted by Gasteiger charge is 2.45. The van der Waals surface area contributed by atoms with Crippen LogP contribution in [0.5, 0.6) is 5.75 Å². The van der Waals surface area contributed by atoms with Crippen molar-refractivity contribution < 1.29 is 24.2 Å². The number of aliphatic hydroxyl groups excluding tert-OH is 1. The van der Waals surface area contributed by atoms with Gasteiger partial charge in [-0.15, -0.1) is 0 Å². The van der Waals surface area contributed by atoms with Crippen molar-refractivity contribution in [2.75, 3.05) is 46.5 Å². The number of nitrogens with zero attached hydrogens (tertiary/aromatic N) is 2. The number of carbonyl (C=O) groups excluding carboxylic acids is 2. The molecule has 2 aromatic rings. The van der Waals surface area contributed by atoms with Crippen molar-refractivity contribution in [2.45, 2.75) is 12.5 Å². The smallest absolute Gasteiger partial charge is 0.295 e. The number of rotatable bonds is 7. The van der Waals surface area contributed by atoms with Gasteiger partial charge in [0.1, 0.15) is 11.5 Å². The Balaban J connectivity index is 1.68. The second kappa shape index (κ2) is 10.4. The van der Waals surface area contributed by atoms with Gasteiger partial charge < -0.3 is 19.5 Å². The molecule has 2 aromatic carbocycles. The lowest BCUT2D eigenvalue weighted by Gasteiger charge is -2.29. The molecule has 1 unspecified atom stereocenters. The number of halogens is 1. The first kappa shape index (κ1) is 23.3. The summed E-state index contributed by atoms with van der Waals surface area (Å²) in [7, 11) is 1.53. The number of ether oxygens (including phenoxy) is 2. The van der Waals surface area contributed by atoms with E-state index in [-0.39, 0.29) is 11.3 Å². The van der Waals surface area contributed by atoms with E-state index < -0.39 is 17.7 Å². The number of hydrogen-bond acceptors (Lipinski definition) is 6. The maximum Gasteiger partial charge on any atom is 0.295 e. The number of aliphatic hydroxyl groups is 1. The van der Waals surface area contributed by atoms with E-state index >= 15 is 0 Å². The summed E-state index contributed by atoms with van der Waals surface area (Å²) < 4.78 is 10.6. The summed E-state index contributed by atoms with van der Waals surface area (Å²) in [5.41, 5.74) is 1.15. The van der Waals surface area contributed by atoms with Gasteiger partial charge >= 0.3 is 0 Å². The molecular weight excluding hydrogens is 444 g/mol. The fourth-order valence-electron chi connectivity index (χ4n) is 4.35. The van der Waals surface area contributed by atoms with Crippen LogP contribution in [0.2, 0.25) is 5.02 Å². The summed E-state index contributed by atoms with van der Waals surface area (Å²) in [5.74, 6) is -1.01. The van der Waals surface area contributed by atoms with Gasteiger partial charge in [-0.25, -0.2) is 0 Å². The predicted octanol–water partition coefficient (Wildman–Crippen LogP) is 3.49. The first-order valence-electron chi connectivity index (χ1n) is 11.0. The van der Waals surface area contributed by atoms with Crippen LogP contribution >= 0.6 is 11.6 Å². The average Bonchev–Trinajstić information content (AvgIpc) is 3.09. The van der Waals surface area contributed by atoms with Crippen molar-refractivity contribution in [3.8, 4) is 5.75 Å². The molecule has 4 rings (SSSR count). The molecule has 2 aliphatic rings. The molecule has 2 fully saturated rings. The first-order valence-corrected chi connectivity index (χ1v) is 11.4. The van der Waals surface area contributed by atoms with Crippen LogP contribution in [0.15, 0.2) is 54.1 Å². The summed E-state index contributed by atoms with van der Waals surface area (Å²) in [6.07, 6.45) is 0.698. The van der Waals surface area contributed by atoms with Gasteiger partial charge in [-0.2, -0.15) is 0 Å². The molecule has 0 spiro atoms. The van der Waals surface area contributed by atoms with Crippen LogP contribution in [0.3, 0.4) is 0 Å². The zero-order chi connectivity index (χ0) is 23.4. The lowest BCUT2D eigenvalue weighted by atomic mass is 9.95. The van der Waals surface area contributed by atoms with Crippen LogP contribution < -0.4 is 4.74 Å². The molecule has 0 radical (unpaired) electrons. The Morgan fingerprint density at radius 2 is 1.88 bits per heavy atom. The van der Waals surface area contributed by atoms with Crippen LogP contribution in [0.25, 0.3) is 5.76 Å². The van der Waals surface area contributed by atoms with Crippen molar-refractivity contribution in [1.82, 2.24) is 9.80 Å². The third-order valence-corrected chi connectivity index (χ3v) is 6.26. The van der Waals surface area contributed by atoms with E-state index in [0.29, 0.717) is 48.1 Å². The molecule has 33 heavy (non-hydrogen) atoms. The number of amides is 1. The summed E-state index contributed by atoms with van der Waals surface area (Å²) in [6.45, 7) is 4.29. The summed E-state index contributed by atoms with van der Waals surface area (Å²) >= 11 is 6.23. The Morgan fingerprint density at radius 3 is 2.61 bits per heavy atom. The summed E-state index contributed by atoms with van der Waals surface area (Å²) in [6, 6.07) is 13.1. The zero-order valence-electron chi connectivity index (χ0n) is 18.5. The topological polar surface area (TPSA) is 79.3 Å². The minimum Gasteiger partial charge on any atom is -0.507 e. The van der Waals surface area contributed by atoms with E-state index in [1.807, 2.05) is 6.07 Å². The fraction of sp³-hybridized carbons (Fsp3) is 0.360. The second-order valence-corrected chi connectivity index (χ2v) is 8.52. The molecule has 0 aliphatic carbocycles. The molecule has 0 bridgehead atoms. The Labute approximate surface area is 198 Å². The minimum absolute atomic E-state index is 0.0573. The molecule has 7 nitrogen and oxygen atoms in total. The molecule has 174 valence electrons. The summed E-state index contributed by atoms with van der Waals surface area (Å²) in [4.78, 5) is 30.0. The number of hydrogen-bond donors (Lipinski definition) is 1.